The number of benzene rings is 1. The number of anilines is 1. The lowest BCUT2D eigenvalue weighted by molar-refractivity contribution is -0.135. The molecule has 9 nitrogen and oxygen atoms in total. The first kappa shape index (κ1) is 26.8. The molecule has 0 saturated heterocycles. The van der Waals surface area contributed by atoms with E-state index in [1.165, 1.54) is 0 Å². The Kier molecular flexibility index (Phi) is 8.99. The Hall–Kier alpha value is -2.81. The van der Waals surface area contributed by atoms with Crippen LogP contribution >= 0.6 is 0 Å². The standard InChI is InChI=1S/C26H40N4O5/c1-16(2)27-26(33)28-20-9-10-22-21(12-20)25(32)29(5)14-23(34-6)17(3)13-30(18(4)15-35-22)24(31)11-19-7-8-19/h9-10,12,16-19,23H,7-8,11,13-15H2,1-6H3,(H2,27,28,33)/t17-,18+,23+/m1/s1. The highest BCUT2D eigenvalue weighted by Crippen LogP contribution is 2.33. The molecule has 0 bridgehead atoms. The number of urea groups is 1. The third-order valence-electron chi connectivity index (χ3n) is 6.60. The van der Waals surface area contributed by atoms with Crippen molar-refractivity contribution < 1.29 is 23.9 Å². The van der Waals surface area contributed by atoms with Gasteiger partial charge in [0.15, 0.2) is 0 Å². The monoisotopic (exact) mass is 488 g/mol. The Balaban J connectivity index is 1.89. The number of rotatable bonds is 5. The number of carbonyl (C=O) groups excluding carboxylic acids is 3. The van der Waals surface area contributed by atoms with Gasteiger partial charge >= 0.3 is 6.03 Å². The SMILES string of the molecule is CO[C@H]1CN(C)C(=O)c2cc(NC(=O)NC(C)C)ccc2OC[C@H](C)N(C(=O)CC2CC2)C[C@H]1C. The van der Waals surface area contributed by atoms with Crippen molar-refractivity contribution in [3.8, 4) is 5.75 Å². The number of nitrogens with zero attached hydrogens (tertiary/aromatic N) is 2. The molecule has 1 aromatic rings. The molecule has 9 heteroatoms. The third-order valence-corrected chi connectivity index (χ3v) is 6.60. The van der Waals surface area contributed by atoms with Gasteiger partial charge in [0.25, 0.3) is 5.91 Å². The molecular formula is C26H40N4O5. The van der Waals surface area contributed by atoms with E-state index in [9.17, 15) is 14.4 Å². The van der Waals surface area contributed by atoms with E-state index in [2.05, 4.69) is 10.6 Å². The number of nitrogens with one attached hydrogen (secondary N) is 2. The van der Waals surface area contributed by atoms with Crippen molar-refractivity contribution >= 4 is 23.5 Å². The molecule has 1 fully saturated rings. The quantitative estimate of drug-likeness (QED) is 0.662. The zero-order valence-electron chi connectivity index (χ0n) is 21.8. The molecule has 0 spiro atoms. The average Bonchev–Trinajstić information content (AvgIpc) is 3.61. The van der Waals surface area contributed by atoms with Crippen LogP contribution < -0.4 is 15.4 Å². The van der Waals surface area contributed by atoms with Crippen LogP contribution in [0.25, 0.3) is 0 Å². The number of likely N-dealkylation sites (N-methyl/N-ethyl adjacent to an activating group) is 1. The Bertz CT molecular complexity index is 917. The van der Waals surface area contributed by atoms with E-state index in [0.717, 1.165) is 12.8 Å². The second-order valence-electron chi connectivity index (χ2n) is 10.3. The number of fused-ring (bicyclic) bond motifs is 1. The lowest BCUT2D eigenvalue weighted by Gasteiger charge is -2.36. The van der Waals surface area contributed by atoms with Gasteiger partial charge in [-0.1, -0.05) is 6.92 Å². The second-order valence-corrected chi connectivity index (χ2v) is 10.3. The molecular weight excluding hydrogens is 448 g/mol. The fourth-order valence-corrected chi connectivity index (χ4v) is 4.32. The lowest BCUT2D eigenvalue weighted by Crippen LogP contribution is -2.48. The van der Waals surface area contributed by atoms with Crippen molar-refractivity contribution in [1.29, 1.82) is 0 Å². The maximum atomic E-state index is 13.4. The second kappa shape index (κ2) is 11.7. The van der Waals surface area contributed by atoms with Crippen molar-refractivity contribution in [3.63, 3.8) is 0 Å². The zero-order chi connectivity index (χ0) is 25.7. The summed E-state index contributed by atoms with van der Waals surface area (Å²) in [5.74, 6) is 0.849. The molecule has 1 aliphatic heterocycles. The van der Waals surface area contributed by atoms with Gasteiger partial charge in [-0.2, -0.15) is 0 Å². The molecule has 4 amide bonds. The summed E-state index contributed by atoms with van der Waals surface area (Å²) < 4.78 is 11.9. The van der Waals surface area contributed by atoms with Crippen LogP contribution in [0.2, 0.25) is 0 Å². The van der Waals surface area contributed by atoms with E-state index < -0.39 is 0 Å². The van der Waals surface area contributed by atoms with Crippen LogP contribution in [-0.2, 0) is 9.53 Å². The molecule has 3 atom stereocenters. The Morgan fingerprint density at radius 1 is 1.20 bits per heavy atom. The number of amides is 4. The van der Waals surface area contributed by atoms with Crippen LogP contribution in [0, 0.1) is 11.8 Å². The summed E-state index contributed by atoms with van der Waals surface area (Å²) >= 11 is 0. The van der Waals surface area contributed by atoms with Crippen molar-refractivity contribution in [3.05, 3.63) is 23.8 Å². The molecule has 1 aliphatic carbocycles. The topological polar surface area (TPSA) is 100 Å². The first-order valence-corrected chi connectivity index (χ1v) is 12.5. The molecule has 194 valence electrons. The highest BCUT2D eigenvalue weighted by atomic mass is 16.5. The smallest absolute Gasteiger partial charge is 0.319 e. The van der Waals surface area contributed by atoms with Crippen LogP contribution in [0.4, 0.5) is 10.5 Å². The molecule has 3 rings (SSSR count). The summed E-state index contributed by atoms with van der Waals surface area (Å²) in [6, 6.07) is 4.50. The van der Waals surface area contributed by atoms with Gasteiger partial charge < -0.3 is 29.9 Å². The molecule has 0 unspecified atom stereocenters. The van der Waals surface area contributed by atoms with E-state index in [-0.39, 0.29) is 48.6 Å². The summed E-state index contributed by atoms with van der Waals surface area (Å²) in [6.45, 7) is 8.93. The van der Waals surface area contributed by atoms with Gasteiger partial charge in [-0.3, -0.25) is 9.59 Å². The number of methoxy groups -OCH3 is 1. The van der Waals surface area contributed by atoms with Crippen LogP contribution in [-0.4, -0.2) is 79.7 Å². The van der Waals surface area contributed by atoms with Crippen molar-refractivity contribution in [1.82, 2.24) is 15.1 Å². The van der Waals surface area contributed by atoms with Gasteiger partial charge in [0.2, 0.25) is 5.91 Å². The van der Waals surface area contributed by atoms with Crippen molar-refractivity contribution in [2.45, 2.75) is 65.1 Å². The molecule has 2 aliphatic rings. The normalized spacial score (nSPS) is 23.6. The minimum atomic E-state index is -0.346. The summed E-state index contributed by atoms with van der Waals surface area (Å²) in [6.07, 6.45) is 2.56. The summed E-state index contributed by atoms with van der Waals surface area (Å²) in [5, 5.41) is 5.55. The predicted molar refractivity (Wildman–Crippen MR) is 135 cm³/mol. The van der Waals surface area contributed by atoms with E-state index in [4.69, 9.17) is 9.47 Å². The first-order valence-electron chi connectivity index (χ1n) is 12.5. The van der Waals surface area contributed by atoms with Crippen LogP contribution in [0.1, 0.15) is 57.3 Å². The third kappa shape index (κ3) is 7.34. The molecule has 35 heavy (non-hydrogen) atoms. The van der Waals surface area contributed by atoms with Crippen LogP contribution in [0.5, 0.6) is 5.75 Å². The number of carbonyl (C=O) groups is 3. The Morgan fingerprint density at radius 3 is 2.54 bits per heavy atom. The average molecular weight is 489 g/mol. The van der Waals surface area contributed by atoms with Crippen molar-refractivity contribution in [2.24, 2.45) is 11.8 Å². The molecule has 2 N–H and O–H groups in total. The van der Waals surface area contributed by atoms with Gasteiger partial charge in [0.1, 0.15) is 12.4 Å². The summed E-state index contributed by atoms with van der Waals surface area (Å²) in [7, 11) is 3.36. The molecule has 1 aromatic carbocycles. The molecule has 1 heterocycles. The van der Waals surface area contributed by atoms with Gasteiger partial charge in [-0.25, -0.2) is 4.79 Å². The van der Waals surface area contributed by atoms with E-state index in [0.29, 0.717) is 42.4 Å². The van der Waals surface area contributed by atoms with Gasteiger partial charge in [-0.05, 0) is 57.7 Å². The highest BCUT2D eigenvalue weighted by Gasteiger charge is 2.33. The highest BCUT2D eigenvalue weighted by molar-refractivity contribution is 5.99. The molecule has 0 radical (unpaired) electrons. The maximum Gasteiger partial charge on any atom is 0.319 e. The Morgan fingerprint density at radius 2 is 1.91 bits per heavy atom. The molecule has 0 aromatic heterocycles. The number of ether oxygens (including phenoxy) is 2. The van der Waals surface area contributed by atoms with Gasteiger partial charge in [0, 0.05) is 51.3 Å². The van der Waals surface area contributed by atoms with Crippen LogP contribution in [0.15, 0.2) is 18.2 Å². The minimum absolute atomic E-state index is 0.0181. The largest absolute Gasteiger partial charge is 0.491 e. The van der Waals surface area contributed by atoms with E-state index >= 15 is 0 Å². The first-order chi connectivity index (χ1) is 16.6. The summed E-state index contributed by atoms with van der Waals surface area (Å²) in [5.41, 5.74) is 0.839. The number of hydrogen-bond acceptors (Lipinski definition) is 5. The summed E-state index contributed by atoms with van der Waals surface area (Å²) in [4.78, 5) is 42.2. The van der Waals surface area contributed by atoms with E-state index in [1.807, 2.05) is 32.6 Å². The van der Waals surface area contributed by atoms with Gasteiger partial charge in [0.05, 0.1) is 17.7 Å². The van der Waals surface area contributed by atoms with Crippen LogP contribution in [0.3, 0.4) is 0 Å². The lowest BCUT2D eigenvalue weighted by atomic mass is 10.0. The minimum Gasteiger partial charge on any atom is -0.491 e. The fourth-order valence-electron chi connectivity index (χ4n) is 4.32. The fraction of sp³-hybridized carbons (Fsp3) is 0.654. The van der Waals surface area contributed by atoms with Gasteiger partial charge in [-0.15, -0.1) is 0 Å². The Labute approximate surface area is 208 Å². The van der Waals surface area contributed by atoms with Crippen molar-refractivity contribution in [2.75, 3.05) is 39.2 Å². The predicted octanol–water partition coefficient (Wildman–Crippen LogP) is 3.35. The van der Waals surface area contributed by atoms with E-state index in [1.54, 1.807) is 37.3 Å². The maximum absolute atomic E-state index is 13.4. The zero-order valence-corrected chi connectivity index (χ0v) is 21.8. The molecule has 1 saturated carbocycles. The number of hydrogen-bond donors (Lipinski definition) is 2.